The van der Waals surface area contributed by atoms with E-state index in [-0.39, 0.29) is 10.0 Å². The van der Waals surface area contributed by atoms with Crippen molar-refractivity contribution in [3.63, 3.8) is 0 Å². The standard InChI is InChI=1S/C12H9ClFN3S/c13-9-6-8(1-2-10(9)14)17-11-5-7(12(15)18)3-4-16-11/h1-6H,(H2,15,18)(H,16,17). The number of thiocarbonyl (C=S) groups is 1. The Morgan fingerprint density at radius 1 is 1.33 bits per heavy atom. The fraction of sp³-hybridized carbons (Fsp3) is 0. The third-order valence-corrected chi connectivity index (χ3v) is 2.76. The zero-order valence-corrected chi connectivity index (χ0v) is 10.7. The van der Waals surface area contributed by atoms with Crippen LogP contribution in [0.25, 0.3) is 0 Å². The molecule has 1 aromatic heterocycles. The van der Waals surface area contributed by atoms with Crippen LogP contribution in [0.1, 0.15) is 5.56 Å². The van der Waals surface area contributed by atoms with Gasteiger partial charge in [-0.15, -0.1) is 0 Å². The van der Waals surface area contributed by atoms with Crippen LogP contribution in [0, 0.1) is 5.82 Å². The predicted octanol–water partition coefficient (Wildman–Crippen LogP) is 3.25. The van der Waals surface area contributed by atoms with Gasteiger partial charge in [-0.3, -0.25) is 0 Å². The lowest BCUT2D eigenvalue weighted by Gasteiger charge is -2.07. The van der Waals surface area contributed by atoms with Crippen LogP contribution in [-0.2, 0) is 0 Å². The summed E-state index contributed by atoms with van der Waals surface area (Å²) >= 11 is 10.6. The molecular weight excluding hydrogens is 273 g/mol. The molecule has 0 aliphatic carbocycles. The Balaban J connectivity index is 2.25. The van der Waals surface area contributed by atoms with Gasteiger partial charge in [-0.1, -0.05) is 23.8 Å². The maximum atomic E-state index is 13.0. The largest absolute Gasteiger partial charge is 0.389 e. The number of nitrogens with one attached hydrogen (secondary N) is 1. The molecule has 0 bridgehead atoms. The molecule has 0 fully saturated rings. The molecule has 1 aromatic carbocycles. The lowest BCUT2D eigenvalue weighted by molar-refractivity contribution is 0.628. The fourth-order valence-corrected chi connectivity index (χ4v) is 1.68. The number of nitrogens with two attached hydrogens (primary N) is 1. The van der Waals surface area contributed by atoms with Crippen molar-refractivity contribution in [3.05, 3.63) is 52.9 Å². The minimum Gasteiger partial charge on any atom is -0.389 e. The van der Waals surface area contributed by atoms with Crippen molar-refractivity contribution >= 4 is 40.3 Å². The molecule has 92 valence electrons. The summed E-state index contributed by atoms with van der Waals surface area (Å²) in [6.07, 6.45) is 1.59. The number of hydrogen-bond acceptors (Lipinski definition) is 3. The van der Waals surface area contributed by atoms with Crippen LogP contribution < -0.4 is 11.1 Å². The highest BCUT2D eigenvalue weighted by molar-refractivity contribution is 7.80. The molecule has 1 heterocycles. The van der Waals surface area contributed by atoms with Crippen LogP contribution in [0.3, 0.4) is 0 Å². The average Bonchev–Trinajstić information content (AvgIpc) is 2.34. The van der Waals surface area contributed by atoms with Crippen LogP contribution in [0.5, 0.6) is 0 Å². The van der Waals surface area contributed by atoms with Crippen LogP contribution in [0.2, 0.25) is 5.02 Å². The molecule has 0 amide bonds. The first-order chi connectivity index (χ1) is 8.56. The maximum Gasteiger partial charge on any atom is 0.141 e. The lowest BCUT2D eigenvalue weighted by Crippen LogP contribution is -2.09. The number of pyridine rings is 1. The van der Waals surface area contributed by atoms with Gasteiger partial charge in [-0.05, 0) is 30.3 Å². The average molecular weight is 282 g/mol. The Bertz CT molecular complexity index is 604. The smallest absolute Gasteiger partial charge is 0.141 e. The molecule has 18 heavy (non-hydrogen) atoms. The molecule has 0 saturated carbocycles. The molecule has 6 heteroatoms. The Labute approximate surface area is 114 Å². The van der Waals surface area contributed by atoms with E-state index in [1.807, 2.05) is 0 Å². The van der Waals surface area contributed by atoms with E-state index < -0.39 is 5.82 Å². The quantitative estimate of drug-likeness (QED) is 0.848. The lowest BCUT2D eigenvalue weighted by atomic mass is 10.2. The second-order valence-corrected chi connectivity index (χ2v) is 4.39. The highest BCUT2D eigenvalue weighted by atomic mass is 35.5. The number of rotatable bonds is 3. The van der Waals surface area contributed by atoms with Gasteiger partial charge in [-0.2, -0.15) is 0 Å². The van der Waals surface area contributed by atoms with Gasteiger partial charge in [-0.25, -0.2) is 9.37 Å². The van der Waals surface area contributed by atoms with E-state index in [1.54, 1.807) is 24.4 Å². The highest BCUT2D eigenvalue weighted by Crippen LogP contribution is 2.22. The molecule has 0 atom stereocenters. The molecule has 0 saturated heterocycles. The molecular formula is C12H9ClFN3S. The first-order valence-corrected chi connectivity index (χ1v) is 5.83. The molecule has 3 N–H and O–H groups in total. The zero-order valence-electron chi connectivity index (χ0n) is 9.15. The second kappa shape index (κ2) is 5.29. The Hall–Kier alpha value is -1.72. The maximum absolute atomic E-state index is 13.0. The van der Waals surface area contributed by atoms with Gasteiger partial charge in [0.05, 0.1) is 5.02 Å². The SMILES string of the molecule is NC(=S)c1ccnc(Nc2ccc(F)c(Cl)c2)c1. The van der Waals surface area contributed by atoms with Crippen molar-refractivity contribution in [2.45, 2.75) is 0 Å². The summed E-state index contributed by atoms with van der Waals surface area (Å²) in [5.74, 6) is 0.0926. The van der Waals surface area contributed by atoms with Gasteiger partial charge in [0.25, 0.3) is 0 Å². The summed E-state index contributed by atoms with van der Waals surface area (Å²) in [4.78, 5) is 4.40. The minimum atomic E-state index is -0.466. The molecule has 0 aliphatic heterocycles. The summed E-state index contributed by atoms with van der Waals surface area (Å²) < 4.78 is 13.0. The van der Waals surface area contributed by atoms with E-state index in [9.17, 15) is 4.39 Å². The molecule has 3 nitrogen and oxygen atoms in total. The van der Waals surface area contributed by atoms with Gasteiger partial charge >= 0.3 is 0 Å². The number of nitrogens with zero attached hydrogens (tertiary/aromatic N) is 1. The third kappa shape index (κ3) is 2.94. The van der Waals surface area contributed by atoms with Crippen molar-refractivity contribution in [1.29, 1.82) is 0 Å². The van der Waals surface area contributed by atoms with Crippen LogP contribution in [0.4, 0.5) is 15.9 Å². The number of halogens is 2. The van der Waals surface area contributed by atoms with Crippen molar-refractivity contribution in [2.75, 3.05) is 5.32 Å². The van der Waals surface area contributed by atoms with Crippen molar-refractivity contribution in [3.8, 4) is 0 Å². The van der Waals surface area contributed by atoms with E-state index in [4.69, 9.17) is 29.6 Å². The molecule has 2 rings (SSSR count). The van der Waals surface area contributed by atoms with Crippen molar-refractivity contribution in [2.24, 2.45) is 5.73 Å². The summed E-state index contributed by atoms with van der Waals surface area (Å²) in [5.41, 5.74) is 6.86. The minimum absolute atomic E-state index is 0.0468. The van der Waals surface area contributed by atoms with E-state index in [2.05, 4.69) is 10.3 Å². The first kappa shape index (κ1) is 12.7. The first-order valence-electron chi connectivity index (χ1n) is 5.04. The highest BCUT2D eigenvalue weighted by Gasteiger charge is 2.03. The molecule has 0 aliphatic rings. The summed E-state index contributed by atoms with van der Waals surface area (Å²) in [7, 11) is 0. The zero-order chi connectivity index (χ0) is 13.1. The van der Waals surface area contributed by atoms with Crippen LogP contribution in [0.15, 0.2) is 36.5 Å². The van der Waals surface area contributed by atoms with Gasteiger partial charge in [0.1, 0.15) is 16.6 Å². The predicted molar refractivity (Wildman–Crippen MR) is 74.8 cm³/mol. The summed E-state index contributed by atoms with van der Waals surface area (Å²) in [5, 5.41) is 3.04. The Morgan fingerprint density at radius 3 is 2.78 bits per heavy atom. The van der Waals surface area contributed by atoms with Gasteiger partial charge in [0, 0.05) is 17.4 Å². The van der Waals surface area contributed by atoms with Crippen molar-refractivity contribution in [1.82, 2.24) is 4.98 Å². The van der Waals surface area contributed by atoms with Crippen LogP contribution >= 0.6 is 23.8 Å². The second-order valence-electron chi connectivity index (χ2n) is 3.55. The number of hydrogen-bond donors (Lipinski definition) is 2. The monoisotopic (exact) mass is 281 g/mol. The van der Waals surface area contributed by atoms with Crippen molar-refractivity contribution < 1.29 is 4.39 Å². The fourth-order valence-electron chi connectivity index (χ4n) is 1.37. The molecule has 0 radical (unpaired) electrons. The third-order valence-electron chi connectivity index (χ3n) is 2.24. The molecule has 2 aromatic rings. The number of anilines is 2. The van der Waals surface area contributed by atoms with E-state index in [0.29, 0.717) is 17.1 Å². The topological polar surface area (TPSA) is 50.9 Å². The molecule has 0 spiro atoms. The van der Waals surface area contributed by atoms with Gasteiger partial charge < -0.3 is 11.1 Å². The van der Waals surface area contributed by atoms with Crippen LogP contribution in [-0.4, -0.2) is 9.97 Å². The van der Waals surface area contributed by atoms with E-state index in [0.717, 1.165) is 0 Å². The number of aromatic nitrogens is 1. The normalized spacial score (nSPS) is 10.1. The summed E-state index contributed by atoms with van der Waals surface area (Å²) in [6.45, 7) is 0. The Kier molecular flexibility index (Phi) is 3.74. The molecule has 0 unspecified atom stereocenters. The van der Waals surface area contributed by atoms with E-state index >= 15 is 0 Å². The summed E-state index contributed by atoms with van der Waals surface area (Å²) in [6, 6.07) is 7.75. The van der Waals surface area contributed by atoms with Gasteiger partial charge in [0.15, 0.2) is 0 Å². The van der Waals surface area contributed by atoms with Gasteiger partial charge in [0.2, 0.25) is 0 Å². The van der Waals surface area contributed by atoms with E-state index in [1.165, 1.54) is 12.1 Å². The number of benzene rings is 1. The Morgan fingerprint density at radius 2 is 2.11 bits per heavy atom.